The van der Waals surface area contributed by atoms with E-state index < -0.39 is 4.92 Å². The van der Waals surface area contributed by atoms with Gasteiger partial charge in [-0.05, 0) is 61.9 Å². The number of ketones is 1. The number of rotatable bonds is 6. The molecule has 0 radical (unpaired) electrons. The molecule has 7 nitrogen and oxygen atoms in total. The third kappa shape index (κ3) is 5.55. The predicted octanol–water partition coefficient (Wildman–Crippen LogP) is 4.02. The highest BCUT2D eigenvalue weighted by Crippen LogP contribution is 2.14. The van der Waals surface area contributed by atoms with Crippen LogP contribution < -0.4 is 10.6 Å². The molecule has 7 heteroatoms. The number of hydrogen-bond donors (Lipinski definition) is 2. The van der Waals surface area contributed by atoms with Gasteiger partial charge in [-0.2, -0.15) is 0 Å². The molecule has 0 aliphatic carbocycles. The van der Waals surface area contributed by atoms with Crippen LogP contribution in [0.25, 0.3) is 6.08 Å². The van der Waals surface area contributed by atoms with Crippen molar-refractivity contribution in [3.05, 3.63) is 75.8 Å². The Kier molecular flexibility index (Phi) is 6.21. The van der Waals surface area contributed by atoms with Gasteiger partial charge in [0.05, 0.1) is 4.92 Å². The lowest BCUT2D eigenvalue weighted by molar-refractivity contribution is -0.384. The van der Waals surface area contributed by atoms with Gasteiger partial charge in [-0.15, -0.1) is 0 Å². The van der Waals surface area contributed by atoms with Gasteiger partial charge in [0.2, 0.25) is 0 Å². The molecule has 0 aliphatic heterocycles. The SMILES string of the molecule is CC(C)NC(=O)Nc1ccc(C(=O)C=Cc2ccc([N+](=O)[O-])cc2)cc1. The number of nitrogens with one attached hydrogen (secondary N) is 2. The standard InChI is InChI=1S/C19H19N3O4/c1-13(2)20-19(24)21-16-8-6-15(7-9-16)18(23)12-5-14-3-10-17(11-4-14)22(25)26/h3-13H,1-2H3,(H2,20,21,24). The Balaban J connectivity index is 1.98. The van der Waals surface area contributed by atoms with Crippen molar-refractivity contribution in [1.29, 1.82) is 0 Å². The second kappa shape index (κ2) is 8.57. The number of nitro benzene ring substituents is 1. The minimum atomic E-state index is -0.477. The Bertz CT molecular complexity index is 825. The van der Waals surface area contributed by atoms with Crippen LogP contribution in [0.4, 0.5) is 16.2 Å². The topological polar surface area (TPSA) is 101 Å². The molecule has 2 amide bonds. The first-order valence-electron chi connectivity index (χ1n) is 7.99. The van der Waals surface area contributed by atoms with Crippen molar-refractivity contribution in [2.24, 2.45) is 0 Å². The molecule has 0 aromatic heterocycles. The average molecular weight is 353 g/mol. The summed E-state index contributed by atoms with van der Waals surface area (Å²) in [6.07, 6.45) is 2.99. The fourth-order valence-electron chi connectivity index (χ4n) is 2.12. The van der Waals surface area contributed by atoms with E-state index in [0.29, 0.717) is 16.8 Å². The van der Waals surface area contributed by atoms with Crippen molar-refractivity contribution in [2.75, 3.05) is 5.32 Å². The zero-order chi connectivity index (χ0) is 19.1. The summed E-state index contributed by atoms with van der Waals surface area (Å²) in [5, 5.41) is 16.0. The Morgan fingerprint density at radius 2 is 1.65 bits per heavy atom. The summed E-state index contributed by atoms with van der Waals surface area (Å²) in [6, 6.07) is 12.2. The Morgan fingerprint density at radius 1 is 1.04 bits per heavy atom. The van der Waals surface area contributed by atoms with E-state index >= 15 is 0 Å². The minimum Gasteiger partial charge on any atom is -0.336 e. The second-order valence-corrected chi connectivity index (χ2v) is 5.88. The van der Waals surface area contributed by atoms with Gasteiger partial charge in [-0.1, -0.05) is 6.08 Å². The number of allylic oxidation sites excluding steroid dienone is 1. The summed E-state index contributed by atoms with van der Waals surface area (Å²) < 4.78 is 0. The number of nitro groups is 1. The lowest BCUT2D eigenvalue weighted by Crippen LogP contribution is -2.34. The van der Waals surface area contributed by atoms with E-state index in [2.05, 4.69) is 10.6 Å². The predicted molar refractivity (Wildman–Crippen MR) is 100 cm³/mol. The highest BCUT2D eigenvalue weighted by atomic mass is 16.6. The molecule has 0 heterocycles. The van der Waals surface area contributed by atoms with Gasteiger partial charge in [-0.3, -0.25) is 14.9 Å². The number of urea groups is 1. The fraction of sp³-hybridized carbons (Fsp3) is 0.158. The number of amides is 2. The van der Waals surface area contributed by atoms with Crippen LogP contribution in [0.15, 0.2) is 54.6 Å². The van der Waals surface area contributed by atoms with E-state index in [1.807, 2.05) is 13.8 Å². The molecule has 2 rings (SSSR count). The Labute approximate surface area is 150 Å². The van der Waals surface area contributed by atoms with Crippen LogP contribution >= 0.6 is 0 Å². The molecule has 26 heavy (non-hydrogen) atoms. The molecule has 134 valence electrons. The summed E-state index contributed by atoms with van der Waals surface area (Å²) >= 11 is 0. The van der Waals surface area contributed by atoms with Crippen LogP contribution in [0, 0.1) is 10.1 Å². The molecular formula is C19H19N3O4. The summed E-state index contributed by atoms with van der Waals surface area (Å²) in [5.41, 5.74) is 1.74. The van der Waals surface area contributed by atoms with Crippen LogP contribution in [0.3, 0.4) is 0 Å². The number of carbonyl (C=O) groups is 2. The molecule has 0 saturated heterocycles. The Hall–Kier alpha value is -3.48. The van der Waals surface area contributed by atoms with Crippen molar-refractivity contribution in [3.63, 3.8) is 0 Å². The van der Waals surface area contributed by atoms with Crippen molar-refractivity contribution < 1.29 is 14.5 Å². The van der Waals surface area contributed by atoms with Gasteiger partial charge in [0.25, 0.3) is 5.69 Å². The lowest BCUT2D eigenvalue weighted by Gasteiger charge is -2.10. The first kappa shape index (κ1) is 18.9. The molecule has 0 spiro atoms. The molecule has 0 atom stereocenters. The smallest absolute Gasteiger partial charge is 0.319 e. The summed E-state index contributed by atoms with van der Waals surface area (Å²) in [5.74, 6) is -0.207. The molecule has 2 aromatic carbocycles. The minimum absolute atomic E-state index is 0.00179. The van der Waals surface area contributed by atoms with Crippen molar-refractivity contribution in [1.82, 2.24) is 5.32 Å². The summed E-state index contributed by atoms with van der Waals surface area (Å²) in [6.45, 7) is 3.72. The van der Waals surface area contributed by atoms with Crippen molar-refractivity contribution in [2.45, 2.75) is 19.9 Å². The largest absolute Gasteiger partial charge is 0.336 e. The molecule has 0 fully saturated rings. The van der Waals surface area contributed by atoms with Crippen LogP contribution in [0.5, 0.6) is 0 Å². The van der Waals surface area contributed by atoms with Crippen LogP contribution in [-0.2, 0) is 0 Å². The molecule has 0 unspecified atom stereocenters. The van der Waals surface area contributed by atoms with Gasteiger partial charge < -0.3 is 10.6 Å². The first-order valence-corrected chi connectivity index (χ1v) is 7.99. The third-order valence-electron chi connectivity index (χ3n) is 3.38. The maximum Gasteiger partial charge on any atom is 0.319 e. The fourth-order valence-corrected chi connectivity index (χ4v) is 2.12. The van der Waals surface area contributed by atoms with E-state index in [1.165, 1.54) is 18.2 Å². The van der Waals surface area contributed by atoms with Gasteiger partial charge in [0.15, 0.2) is 5.78 Å². The van der Waals surface area contributed by atoms with E-state index in [-0.39, 0.29) is 23.5 Å². The van der Waals surface area contributed by atoms with E-state index in [0.717, 1.165) is 0 Å². The third-order valence-corrected chi connectivity index (χ3v) is 3.38. The summed E-state index contributed by atoms with van der Waals surface area (Å²) in [7, 11) is 0. The molecule has 2 N–H and O–H groups in total. The molecular weight excluding hydrogens is 334 g/mol. The van der Waals surface area contributed by atoms with E-state index in [4.69, 9.17) is 0 Å². The zero-order valence-corrected chi connectivity index (χ0v) is 14.4. The van der Waals surface area contributed by atoms with E-state index in [1.54, 1.807) is 42.5 Å². The van der Waals surface area contributed by atoms with E-state index in [9.17, 15) is 19.7 Å². The normalized spacial score (nSPS) is 10.7. The number of carbonyl (C=O) groups excluding carboxylic acids is 2. The number of benzene rings is 2. The van der Waals surface area contributed by atoms with Gasteiger partial charge in [-0.25, -0.2) is 4.79 Å². The quantitative estimate of drug-likeness (QED) is 0.354. The first-order chi connectivity index (χ1) is 12.3. The second-order valence-electron chi connectivity index (χ2n) is 5.88. The number of non-ortho nitro benzene ring substituents is 1. The molecule has 0 aliphatic rings. The molecule has 0 saturated carbocycles. The van der Waals surface area contributed by atoms with Crippen LogP contribution in [0.1, 0.15) is 29.8 Å². The van der Waals surface area contributed by atoms with Crippen molar-refractivity contribution >= 4 is 29.3 Å². The average Bonchev–Trinajstić information content (AvgIpc) is 2.60. The van der Waals surface area contributed by atoms with Gasteiger partial charge in [0.1, 0.15) is 0 Å². The summed E-state index contributed by atoms with van der Waals surface area (Å²) in [4.78, 5) is 33.9. The number of anilines is 1. The Morgan fingerprint density at radius 3 is 2.19 bits per heavy atom. The van der Waals surface area contributed by atoms with Crippen LogP contribution in [-0.4, -0.2) is 22.8 Å². The van der Waals surface area contributed by atoms with Crippen LogP contribution in [0.2, 0.25) is 0 Å². The van der Waals surface area contributed by atoms with Gasteiger partial charge >= 0.3 is 6.03 Å². The highest BCUT2D eigenvalue weighted by Gasteiger charge is 2.06. The zero-order valence-electron chi connectivity index (χ0n) is 14.4. The lowest BCUT2D eigenvalue weighted by atomic mass is 10.1. The highest BCUT2D eigenvalue weighted by molar-refractivity contribution is 6.07. The van der Waals surface area contributed by atoms with Crippen molar-refractivity contribution in [3.8, 4) is 0 Å². The molecule has 2 aromatic rings. The maximum absolute atomic E-state index is 12.2. The monoisotopic (exact) mass is 353 g/mol. The number of hydrogen-bond acceptors (Lipinski definition) is 4. The molecule has 0 bridgehead atoms. The van der Waals surface area contributed by atoms with Gasteiger partial charge in [0, 0.05) is 29.4 Å². The number of nitrogens with zero attached hydrogens (tertiary/aromatic N) is 1. The maximum atomic E-state index is 12.2.